The van der Waals surface area contributed by atoms with Gasteiger partial charge in [0.25, 0.3) is 10.0 Å². The van der Waals surface area contributed by atoms with E-state index >= 15 is 0 Å². The van der Waals surface area contributed by atoms with Crippen LogP contribution in [0.4, 0.5) is 5.69 Å². The molecule has 0 aliphatic rings. The number of hydrogen-bond donors (Lipinski definition) is 2. The topological polar surface area (TPSA) is 84.1 Å². The van der Waals surface area contributed by atoms with E-state index in [4.69, 9.17) is 16.3 Å². The first-order valence-corrected chi connectivity index (χ1v) is 6.75. The van der Waals surface area contributed by atoms with Crippen molar-refractivity contribution in [3.8, 4) is 5.75 Å². The molecule has 0 saturated heterocycles. The summed E-state index contributed by atoms with van der Waals surface area (Å²) in [6.07, 6.45) is 1.36. The van der Waals surface area contributed by atoms with Crippen LogP contribution in [0.3, 0.4) is 0 Å². The average molecular weight is 288 g/mol. The maximum Gasteiger partial charge on any atom is 0.278 e. The molecule has 2 rings (SSSR count). The molecular formula is C10H10ClN3O3S. The Hall–Kier alpha value is -1.73. The first-order chi connectivity index (χ1) is 8.53. The summed E-state index contributed by atoms with van der Waals surface area (Å²) < 4.78 is 31.1. The Balaban J connectivity index is 2.27. The highest BCUT2D eigenvalue weighted by Crippen LogP contribution is 2.28. The van der Waals surface area contributed by atoms with E-state index in [9.17, 15) is 8.42 Å². The van der Waals surface area contributed by atoms with Crippen molar-refractivity contribution in [3.63, 3.8) is 0 Å². The predicted octanol–water partition coefficient (Wildman–Crippen LogP) is 1.87. The molecule has 1 aromatic heterocycles. The third-order valence-electron chi connectivity index (χ3n) is 2.17. The van der Waals surface area contributed by atoms with Crippen molar-refractivity contribution in [1.82, 2.24) is 10.2 Å². The second-order valence-electron chi connectivity index (χ2n) is 3.38. The summed E-state index contributed by atoms with van der Waals surface area (Å²) in [6, 6.07) is 5.95. The molecule has 0 amide bonds. The molecule has 2 N–H and O–H groups in total. The van der Waals surface area contributed by atoms with Gasteiger partial charge in [-0.05, 0) is 24.3 Å². The first kappa shape index (κ1) is 12.7. The molecule has 0 fully saturated rings. The fraction of sp³-hybridized carbons (Fsp3) is 0.100. The van der Waals surface area contributed by atoms with Crippen molar-refractivity contribution < 1.29 is 13.2 Å². The summed E-state index contributed by atoms with van der Waals surface area (Å²) in [5.74, 6) is 0.473. The maximum atomic E-state index is 11.9. The van der Waals surface area contributed by atoms with E-state index in [-0.39, 0.29) is 5.03 Å². The molecule has 0 aliphatic carbocycles. The smallest absolute Gasteiger partial charge is 0.278 e. The first-order valence-electron chi connectivity index (χ1n) is 4.88. The Morgan fingerprint density at radius 3 is 2.72 bits per heavy atom. The van der Waals surface area contributed by atoms with Crippen LogP contribution in [-0.4, -0.2) is 25.7 Å². The number of benzene rings is 1. The van der Waals surface area contributed by atoms with Crippen molar-refractivity contribution in [3.05, 3.63) is 35.5 Å². The monoisotopic (exact) mass is 287 g/mol. The Kier molecular flexibility index (Phi) is 3.44. The van der Waals surface area contributed by atoms with Gasteiger partial charge in [0, 0.05) is 0 Å². The number of aromatic amines is 1. The van der Waals surface area contributed by atoms with E-state index in [1.165, 1.54) is 25.4 Å². The summed E-state index contributed by atoms with van der Waals surface area (Å²) in [4.78, 5) is 0. The van der Waals surface area contributed by atoms with Crippen LogP contribution in [0.5, 0.6) is 5.75 Å². The van der Waals surface area contributed by atoms with Crippen molar-refractivity contribution in [2.75, 3.05) is 11.8 Å². The molecule has 0 spiro atoms. The third kappa shape index (κ3) is 2.57. The van der Waals surface area contributed by atoms with Crippen LogP contribution in [0.2, 0.25) is 5.02 Å². The lowest BCUT2D eigenvalue weighted by Crippen LogP contribution is -2.13. The van der Waals surface area contributed by atoms with Crippen LogP contribution in [0.1, 0.15) is 0 Å². The van der Waals surface area contributed by atoms with E-state index in [1.807, 2.05) is 0 Å². The minimum atomic E-state index is -3.67. The number of sulfonamides is 1. The minimum Gasteiger partial charge on any atom is -0.495 e. The number of anilines is 1. The van der Waals surface area contributed by atoms with Gasteiger partial charge in [-0.1, -0.05) is 11.6 Å². The zero-order chi connectivity index (χ0) is 13.2. The molecule has 0 radical (unpaired) electrons. The SMILES string of the molecule is COc1ccc(NS(=O)(=O)c2ccn[nH]2)cc1Cl. The van der Waals surface area contributed by atoms with Gasteiger partial charge in [0.2, 0.25) is 0 Å². The standard InChI is InChI=1S/C10H10ClN3O3S/c1-17-9-3-2-7(6-8(9)11)14-18(15,16)10-4-5-12-13-10/h2-6,14H,1H3,(H,12,13). The Morgan fingerprint density at radius 2 is 2.17 bits per heavy atom. The van der Waals surface area contributed by atoms with Crippen molar-refractivity contribution in [2.45, 2.75) is 5.03 Å². The number of methoxy groups -OCH3 is 1. The molecule has 1 heterocycles. The summed E-state index contributed by atoms with van der Waals surface area (Å²) in [6.45, 7) is 0. The van der Waals surface area contributed by atoms with Gasteiger partial charge in [0.15, 0.2) is 5.03 Å². The van der Waals surface area contributed by atoms with Gasteiger partial charge in [-0.3, -0.25) is 9.82 Å². The fourth-order valence-electron chi connectivity index (χ4n) is 1.33. The quantitative estimate of drug-likeness (QED) is 0.899. The normalized spacial score (nSPS) is 11.2. The van der Waals surface area contributed by atoms with Crippen molar-refractivity contribution >= 4 is 27.3 Å². The number of ether oxygens (including phenoxy) is 1. The highest BCUT2D eigenvalue weighted by atomic mass is 35.5. The zero-order valence-electron chi connectivity index (χ0n) is 9.34. The largest absolute Gasteiger partial charge is 0.495 e. The van der Waals surface area contributed by atoms with Crippen molar-refractivity contribution in [1.29, 1.82) is 0 Å². The van der Waals surface area contributed by atoms with Gasteiger partial charge in [-0.2, -0.15) is 13.5 Å². The van der Waals surface area contributed by atoms with Crippen LogP contribution in [-0.2, 0) is 10.0 Å². The summed E-state index contributed by atoms with van der Waals surface area (Å²) in [5, 5.41) is 6.26. The number of nitrogens with zero attached hydrogens (tertiary/aromatic N) is 1. The molecule has 0 atom stereocenters. The number of nitrogens with one attached hydrogen (secondary N) is 2. The molecular weight excluding hydrogens is 278 g/mol. The number of aromatic nitrogens is 2. The second-order valence-corrected chi connectivity index (χ2v) is 5.43. The average Bonchev–Trinajstić information content (AvgIpc) is 2.82. The number of rotatable bonds is 4. The lowest BCUT2D eigenvalue weighted by atomic mass is 10.3. The summed E-state index contributed by atoms with van der Waals surface area (Å²) in [7, 11) is -2.19. The van der Waals surface area contributed by atoms with Gasteiger partial charge in [0.05, 0.1) is 24.0 Å². The highest BCUT2D eigenvalue weighted by molar-refractivity contribution is 7.92. The van der Waals surface area contributed by atoms with Crippen LogP contribution in [0, 0.1) is 0 Å². The van der Waals surface area contributed by atoms with Gasteiger partial charge in [-0.15, -0.1) is 0 Å². The van der Waals surface area contributed by atoms with E-state index in [0.29, 0.717) is 16.5 Å². The molecule has 18 heavy (non-hydrogen) atoms. The highest BCUT2D eigenvalue weighted by Gasteiger charge is 2.16. The molecule has 6 nitrogen and oxygen atoms in total. The Bertz CT molecular complexity index is 640. The van der Waals surface area contributed by atoms with Crippen LogP contribution >= 0.6 is 11.6 Å². The van der Waals surface area contributed by atoms with E-state index in [0.717, 1.165) is 0 Å². The summed E-state index contributed by atoms with van der Waals surface area (Å²) >= 11 is 5.90. The molecule has 8 heteroatoms. The van der Waals surface area contributed by atoms with Gasteiger partial charge < -0.3 is 4.74 Å². The lowest BCUT2D eigenvalue weighted by molar-refractivity contribution is 0.415. The predicted molar refractivity (Wildman–Crippen MR) is 67.4 cm³/mol. The van der Waals surface area contributed by atoms with Crippen LogP contribution in [0.15, 0.2) is 35.5 Å². The van der Waals surface area contributed by atoms with Crippen molar-refractivity contribution in [2.24, 2.45) is 0 Å². The van der Waals surface area contributed by atoms with E-state index < -0.39 is 10.0 Å². The maximum absolute atomic E-state index is 11.9. The third-order valence-corrected chi connectivity index (χ3v) is 3.77. The fourth-order valence-corrected chi connectivity index (χ4v) is 2.55. The molecule has 0 bridgehead atoms. The number of H-pyrrole nitrogens is 1. The molecule has 1 aromatic carbocycles. The summed E-state index contributed by atoms with van der Waals surface area (Å²) in [5.41, 5.74) is 0.343. The van der Waals surface area contributed by atoms with Gasteiger partial charge in [-0.25, -0.2) is 0 Å². The van der Waals surface area contributed by atoms with Crippen LogP contribution < -0.4 is 9.46 Å². The number of halogens is 1. The molecule has 2 aromatic rings. The van der Waals surface area contributed by atoms with E-state index in [2.05, 4.69) is 14.9 Å². The molecule has 0 saturated carbocycles. The number of hydrogen-bond acceptors (Lipinski definition) is 4. The van der Waals surface area contributed by atoms with Gasteiger partial charge in [0.1, 0.15) is 5.75 Å². The Morgan fingerprint density at radius 1 is 1.39 bits per heavy atom. The molecule has 0 aliphatic heterocycles. The molecule has 0 unspecified atom stereocenters. The lowest BCUT2D eigenvalue weighted by Gasteiger charge is -2.08. The Labute approximate surface area is 109 Å². The van der Waals surface area contributed by atoms with Gasteiger partial charge >= 0.3 is 0 Å². The van der Waals surface area contributed by atoms with E-state index in [1.54, 1.807) is 12.1 Å². The van der Waals surface area contributed by atoms with Crippen LogP contribution in [0.25, 0.3) is 0 Å². The second kappa shape index (κ2) is 4.87. The minimum absolute atomic E-state index is 0.0190. The molecule has 96 valence electrons. The zero-order valence-corrected chi connectivity index (χ0v) is 10.9.